The summed E-state index contributed by atoms with van der Waals surface area (Å²) in [5.41, 5.74) is -1.45. The lowest BCUT2D eigenvalue weighted by atomic mass is 10.1. The minimum absolute atomic E-state index is 0.0542. The highest BCUT2D eigenvalue weighted by Gasteiger charge is 2.33. The van der Waals surface area contributed by atoms with Crippen molar-refractivity contribution in [1.29, 1.82) is 0 Å². The fourth-order valence-electron chi connectivity index (χ4n) is 2.16. The Bertz CT molecular complexity index is 940. The lowest BCUT2D eigenvalue weighted by Crippen LogP contribution is -2.15. The summed E-state index contributed by atoms with van der Waals surface area (Å²) in [5, 5.41) is 10.9. The number of halogens is 3. The van der Waals surface area contributed by atoms with Crippen LogP contribution in [0.1, 0.15) is 16.7 Å². The molecule has 0 aromatic heterocycles. The number of alkyl halides is 3. The third kappa shape index (κ3) is 4.08. The second kappa shape index (κ2) is 6.36. The van der Waals surface area contributed by atoms with Crippen molar-refractivity contribution in [3.05, 3.63) is 63.2 Å². The molecule has 10 heteroatoms. The average Bonchev–Trinajstić information content (AvgIpc) is 2.47. The number of nitro benzene ring substituents is 1. The molecule has 134 valence electrons. The number of benzene rings is 2. The summed E-state index contributed by atoms with van der Waals surface area (Å²) in [7, 11) is -4.28. The Morgan fingerprint density at radius 3 is 2.20 bits per heavy atom. The summed E-state index contributed by atoms with van der Waals surface area (Å²) in [6.45, 7) is 2.70. The monoisotopic (exact) mass is 374 g/mol. The molecule has 0 amide bonds. The molecular weight excluding hydrogens is 361 g/mol. The van der Waals surface area contributed by atoms with E-state index in [0.29, 0.717) is 6.07 Å². The van der Waals surface area contributed by atoms with E-state index in [4.69, 9.17) is 0 Å². The van der Waals surface area contributed by atoms with Gasteiger partial charge in [0.2, 0.25) is 0 Å². The maximum atomic E-state index is 12.9. The first-order valence-electron chi connectivity index (χ1n) is 6.87. The van der Waals surface area contributed by atoms with Gasteiger partial charge in [0.15, 0.2) is 0 Å². The SMILES string of the molecule is Cc1ccc(S(=O)(=O)Nc2ccc(C)c(C(F)(F)F)c2)cc1[N+](=O)[O-]. The highest BCUT2D eigenvalue weighted by atomic mass is 32.2. The molecule has 0 aliphatic heterocycles. The van der Waals surface area contributed by atoms with Gasteiger partial charge in [0.25, 0.3) is 15.7 Å². The highest BCUT2D eigenvalue weighted by Crippen LogP contribution is 2.34. The van der Waals surface area contributed by atoms with Gasteiger partial charge in [0.05, 0.1) is 15.4 Å². The molecule has 1 N–H and O–H groups in total. The maximum Gasteiger partial charge on any atom is 0.416 e. The molecule has 0 atom stereocenters. The predicted octanol–water partition coefficient (Wildman–Crippen LogP) is 4.03. The fraction of sp³-hybridized carbons (Fsp3) is 0.200. The standard InChI is InChI=1S/C15H13F3N2O4S/c1-9-3-5-11(7-13(9)15(16,17)18)19-25(23,24)12-6-4-10(2)14(8-12)20(21)22/h3-8,19H,1-2H3. The molecule has 0 spiro atoms. The van der Waals surface area contributed by atoms with Gasteiger partial charge >= 0.3 is 6.18 Å². The topological polar surface area (TPSA) is 89.3 Å². The summed E-state index contributed by atoms with van der Waals surface area (Å²) >= 11 is 0. The van der Waals surface area contributed by atoms with Gasteiger partial charge in [-0.05, 0) is 37.6 Å². The van der Waals surface area contributed by atoms with E-state index in [-0.39, 0.29) is 16.8 Å². The van der Waals surface area contributed by atoms with Gasteiger partial charge in [-0.1, -0.05) is 12.1 Å². The molecule has 0 radical (unpaired) electrons. The van der Waals surface area contributed by atoms with E-state index in [2.05, 4.69) is 0 Å². The van der Waals surface area contributed by atoms with Crippen LogP contribution < -0.4 is 4.72 Å². The molecule has 2 rings (SSSR count). The van der Waals surface area contributed by atoms with Gasteiger partial charge in [-0.3, -0.25) is 14.8 Å². The quantitative estimate of drug-likeness (QED) is 0.646. The van der Waals surface area contributed by atoms with Crippen molar-refractivity contribution in [3.63, 3.8) is 0 Å². The van der Waals surface area contributed by atoms with E-state index >= 15 is 0 Å². The van der Waals surface area contributed by atoms with Gasteiger partial charge < -0.3 is 0 Å². The number of hydrogen-bond acceptors (Lipinski definition) is 4. The van der Waals surface area contributed by atoms with Crippen LogP contribution in [-0.4, -0.2) is 13.3 Å². The van der Waals surface area contributed by atoms with Crippen LogP contribution in [0.15, 0.2) is 41.3 Å². The number of rotatable bonds is 4. The van der Waals surface area contributed by atoms with Crippen LogP contribution in [0.3, 0.4) is 0 Å². The van der Waals surface area contributed by atoms with Crippen LogP contribution >= 0.6 is 0 Å². The largest absolute Gasteiger partial charge is 0.416 e. The van der Waals surface area contributed by atoms with Crippen molar-refractivity contribution in [2.24, 2.45) is 0 Å². The van der Waals surface area contributed by atoms with Crippen LogP contribution in [0.5, 0.6) is 0 Å². The van der Waals surface area contributed by atoms with Crippen molar-refractivity contribution in [1.82, 2.24) is 0 Å². The number of aryl methyl sites for hydroxylation is 2. The summed E-state index contributed by atoms with van der Waals surface area (Å²) in [6.07, 6.45) is -4.63. The molecule has 0 fully saturated rings. The molecule has 0 heterocycles. The zero-order valence-electron chi connectivity index (χ0n) is 13.1. The van der Waals surface area contributed by atoms with Crippen LogP contribution in [0.2, 0.25) is 0 Å². The van der Waals surface area contributed by atoms with Gasteiger partial charge in [-0.15, -0.1) is 0 Å². The molecule has 0 bridgehead atoms. The molecular formula is C15H13F3N2O4S. The molecule has 2 aromatic rings. The fourth-order valence-corrected chi connectivity index (χ4v) is 3.23. The number of anilines is 1. The normalized spacial score (nSPS) is 12.0. The number of sulfonamides is 1. The van der Waals surface area contributed by atoms with E-state index in [1.54, 1.807) is 0 Å². The number of nitrogens with zero attached hydrogens (tertiary/aromatic N) is 1. The van der Waals surface area contributed by atoms with Crippen molar-refractivity contribution < 1.29 is 26.5 Å². The minimum Gasteiger partial charge on any atom is -0.280 e. The molecule has 0 unspecified atom stereocenters. The van der Waals surface area contributed by atoms with Gasteiger partial charge in [0.1, 0.15) is 0 Å². The lowest BCUT2D eigenvalue weighted by molar-refractivity contribution is -0.385. The van der Waals surface area contributed by atoms with Gasteiger partial charge in [0, 0.05) is 17.3 Å². The minimum atomic E-state index is -4.63. The molecule has 0 saturated heterocycles. The summed E-state index contributed by atoms with van der Waals surface area (Å²) in [5.74, 6) is 0. The average molecular weight is 374 g/mol. The highest BCUT2D eigenvalue weighted by molar-refractivity contribution is 7.92. The second-order valence-corrected chi connectivity index (χ2v) is 7.02. The van der Waals surface area contributed by atoms with Crippen molar-refractivity contribution in [2.75, 3.05) is 4.72 Å². The van der Waals surface area contributed by atoms with E-state index < -0.39 is 37.3 Å². The smallest absolute Gasteiger partial charge is 0.280 e. The first-order valence-corrected chi connectivity index (χ1v) is 8.36. The maximum absolute atomic E-state index is 12.9. The molecule has 6 nitrogen and oxygen atoms in total. The summed E-state index contributed by atoms with van der Waals surface area (Å²) in [4.78, 5) is 9.77. The third-order valence-electron chi connectivity index (χ3n) is 3.48. The first-order chi connectivity index (χ1) is 11.4. The van der Waals surface area contributed by atoms with Gasteiger partial charge in [-0.2, -0.15) is 13.2 Å². The Morgan fingerprint density at radius 2 is 1.64 bits per heavy atom. The predicted molar refractivity (Wildman–Crippen MR) is 84.8 cm³/mol. The van der Waals surface area contributed by atoms with Crippen LogP contribution in [0.4, 0.5) is 24.5 Å². The van der Waals surface area contributed by atoms with E-state index in [1.165, 1.54) is 26.0 Å². The summed E-state index contributed by atoms with van der Waals surface area (Å²) in [6, 6.07) is 6.25. The number of nitro groups is 1. The summed E-state index contributed by atoms with van der Waals surface area (Å²) < 4.78 is 65.4. The lowest BCUT2D eigenvalue weighted by Gasteiger charge is -2.13. The Labute approximate surface area is 141 Å². The molecule has 2 aromatic carbocycles. The first kappa shape index (κ1) is 18.7. The number of hydrogen-bond donors (Lipinski definition) is 1. The number of nitrogens with one attached hydrogen (secondary N) is 1. The van der Waals surface area contributed by atoms with Crippen LogP contribution in [-0.2, 0) is 16.2 Å². The molecule has 0 aliphatic carbocycles. The van der Waals surface area contributed by atoms with E-state index in [1.807, 2.05) is 4.72 Å². The molecule has 0 aliphatic rings. The zero-order chi connectivity index (χ0) is 19.0. The van der Waals surface area contributed by atoms with Gasteiger partial charge in [-0.25, -0.2) is 8.42 Å². The van der Waals surface area contributed by atoms with Crippen molar-refractivity contribution in [3.8, 4) is 0 Å². The molecule has 25 heavy (non-hydrogen) atoms. The Balaban J connectivity index is 2.43. The Kier molecular flexibility index (Phi) is 4.76. The Morgan fingerprint density at radius 1 is 1.04 bits per heavy atom. The van der Waals surface area contributed by atoms with Crippen LogP contribution in [0.25, 0.3) is 0 Å². The van der Waals surface area contributed by atoms with Crippen molar-refractivity contribution >= 4 is 21.4 Å². The van der Waals surface area contributed by atoms with Crippen LogP contribution in [0, 0.1) is 24.0 Å². The molecule has 0 saturated carbocycles. The zero-order valence-corrected chi connectivity index (χ0v) is 13.9. The second-order valence-electron chi connectivity index (χ2n) is 5.34. The van der Waals surface area contributed by atoms with E-state index in [0.717, 1.165) is 18.2 Å². The third-order valence-corrected chi connectivity index (χ3v) is 4.86. The van der Waals surface area contributed by atoms with Crippen molar-refractivity contribution in [2.45, 2.75) is 24.9 Å². The Hall–Kier alpha value is -2.62. The van der Waals surface area contributed by atoms with E-state index in [9.17, 15) is 31.7 Å².